The van der Waals surface area contributed by atoms with Crippen molar-refractivity contribution < 1.29 is 23.2 Å². The molecule has 25 heavy (non-hydrogen) atoms. The molecule has 0 unspecified atom stereocenters. The highest BCUT2D eigenvalue weighted by Crippen LogP contribution is 2.25. The van der Waals surface area contributed by atoms with Crippen LogP contribution in [0.1, 0.15) is 13.3 Å². The highest BCUT2D eigenvalue weighted by atomic mass is 32.2. The molecule has 11 heteroatoms. The molecule has 0 aromatic heterocycles. The number of carbonyl (C=O) groups is 1. The molecule has 0 bridgehead atoms. The SMILES string of the molecule is C[C@H]1CN(S(=O)(=O)c2ccc([N+](=O)[O-])cc2)C[C@H](CC#N)N1C(=O)O. The van der Waals surface area contributed by atoms with Gasteiger partial charge in [0.2, 0.25) is 10.0 Å². The number of non-ortho nitro benzene ring substituents is 1. The Hall–Kier alpha value is -2.71. The van der Waals surface area contributed by atoms with Crippen LogP contribution in [0.5, 0.6) is 0 Å². The normalized spacial score (nSPS) is 21.5. The maximum absolute atomic E-state index is 12.7. The first-order valence-corrected chi connectivity index (χ1v) is 8.75. The summed E-state index contributed by atoms with van der Waals surface area (Å²) in [7, 11) is -3.96. The number of hydrogen-bond acceptors (Lipinski definition) is 6. The van der Waals surface area contributed by atoms with E-state index in [1.165, 1.54) is 0 Å². The van der Waals surface area contributed by atoms with E-state index in [0.29, 0.717) is 0 Å². The first kappa shape index (κ1) is 18.6. The van der Waals surface area contributed by atoms with Crippen LogP contribution in [-0.2, 0) is 10.0 Å². The molecular weight excluding hydrogens is 352 g/mol. The zero-order chi connectivity index (χ0) is 18.8. The summed E-state index contributed by atoms with van der Waals surface area (Å²) >= 11 is 0. The van der Waals surface area contributed by atoms with Gasteiger partial charge in [-0.3, -0.25) is 15.0 Å². The fourth-order valence-electron chi connectivity index (χ4n) is 2.84. The summed E-state index contributed by atoms with van der Waals surface area (Å²) in [5, 5.41) is 28.8. The molecule has 0 spiro atoms. The van der Waals surface area contributed by atoms with E-state index >= 15 is 0 Å². The van der Waals surface area contributed by atoms with Crippen molar-refractivity contribution in [1.82, 2.24) is 9.21 Å². The third-order valence-electron chi connectivity index (χ3n) is 3.98. The Morgan fingerprint density at radius 1 is 1.40 bits per heavy atom. The molecule has 0 aliphatic carbocycles. The molecule has 1 saturated heterocycles. The summed E-state index contributed by atoms with van der Waals surface area (Å²) in [6.45, 7) is 1.35. The van der Waals surface area contributed by atoms with Gasteiger partial charge in [0.05, 0.1) is 28.4 Å². The van der Waals surface area contributed by atoms with E-state index in [9.17, 15) is 28.4 Å². The van der Waals surface area contributed by atoms with E-state index in [1.54, 1.807) is 6.92 Å². The maximum atomic E-state index is 12.7. The van der Waals surface area contributed by atoms with Gasteiger partial charge in [-0.1, -0.05) is 0 Å². The molecule has 2 rings (SSSR count). The Morgan fingerprint density at radius 2 is 2.00 bits per heavy atom. The average molecular weight is 368 g/mol. The van der Waals surface area contributed by atoms with Gasteiger partial charge in [0.1, 0.15) is 0 Å². The number of nitriles is 1. The molecule has 1 aromatic carbocycles. The van der Waals surface area contributed by atoms with Crippen molar-refractivity contribution in [2.24, 2.45) is 0 Å². The summed E-state index contributed by atoms with van der Waals surface area (Å²) in [5.41, 5.74) is -0.231. The van der Waals surface area contributed by atoms with Gasteiger partial charge in [0, 0.05) is 31.3 Å². The molecule has 1 heterocycles. The number of nitro benzene ring substituents is 1. The number of hydrogen-bond donors (Lipinski definition) is 1. The van der Waals surface area contributed by atoms with Crippen molar-refractivity contribution in [2.75, 3.05) is 13.1 Å². The van der Waals surface area contributed by atoms with Gasteiger partial charge in [0.15, 0.2) is 0 Å². The van der Waals surface area contributed by atoms with Crippen LogP contribution >= 0.6 is 0 Å². The largest absolute Gasteiger partial charge is 0.465 e. The molecule has 1 aromatic rings. The summed E-state index contributed by atoms with van der Waals surface area (Å²) in [4.78, 5) is 22.4. The monoisotopic (exact) mass is 368 g/mol. The Bertz CT molecular complexity index is 817. The molecule has 10 nitrogen and oxygen atoms in total. The minimum Gasteiger partial charge on any atom is -0.465 e. The zero-order valence-electron chi connectivity index (χ0n) is 13.3. The Balaban J connectivity index is 2.31. The van der Waals surface area contributed by atoms with Gasteiger partial charge in [0.25, 0.3) is 5.69 Å². The van der Waals surface area contributed by atoms with Crippen LogP contribution in [0.25, 0.3) is 0 Å². The fourth-order valence-corrected chi connectivity index (χ4v) is 4.40. The number of piperazine rings is 1. The van der Waals surface area contributed by atoms with E-state index in [-0.39, 0.29) is 30.1 Å². The van der Waals surface area contributed by atoms with Gasteiger partial charge in [-0.15, -0.1) is 0 Å². The quantitative estimate of drug-likeness (QED) is 0.621. The number of benzene rings is 1. The van der Waals surface area contributed by atoms with Gasteiger partial charge < -0.3 is 5.11 Å². The van der Waals surface area contributed by atoms with Crippen molar-refractivity contribution in [2.45, 2.75) is 30.3 Å². The highest BCUT2D eigenvalue weighted by molar-refractivity contribution is 7.89. The number of sulfonamides is 1. The lowest BCUT2D eigenvalue weighted by molar-refractivity contribution is -0.384. The second-order valence-corrected chi connectivity index (χ2v) is 7.57. The van der Waals surface area contributed by atoms with E-state index in [4.69, 9.17) is 5.26 Å². The standard InChI is InChI=1S/C14H16N4O6S/c1-10-8-16(9-12(6-7-15)17(10)14(19)20)25(23,24)13-4-2-11(3-5-13)18(21)22/h2-5,10,12H,6,8-9H2,1H3,(H,19,20)/t10-,12-/m0/s1. The van der Waals surface area contributed by atoms with Crippen LogP contribution in [-0.4, -0.2) is 58.9 Å². The molecule has 1 amide bonds. The first-order valence-electron chi connectivity index (χ1n) is 7.31. The predicted octanol–water partition coefficient (Wildman–Crippen LogP) is 1.25. The smallest absolute Gasteiger partial charge is 0.407 e. The lowest BCUT2D eigenvalue weighted by Crippen LogP contribution is -2.60. The summed E-state index contributed by atoms with van der Waals surface area (Å²) < 4.78 is 26.6. The Morgan fingerprint density at radius 3 is 2.48 bits per heavy atom. The van der Waals surface area contributed by atoms with Crippen LogP contribution in [0.4, 0.5) is 10.5 Å². The summed E-state index contributed by atoms with van der Waals surface area (Å²) in [6.07, 6.45) is -1.34. The van der Waals surface area contributed by atoms with Crippen LogP contribution in [0.2, 0.25) is 0 Å². The molecular formula is C14H16N4O6S. The van der Waals surface area contributed by atoms with Crippen molar-refractivity contribution in [1.29, 1.82) is 5.26 Å². The zero-order valence-corrected chi connectivity index (χ0v) is 14.1. The van der Waals surface area contributed by atoms with Crippen LogP contribution in [0.3, 0.4) is 0 Å². The summed E-state index contributed by atoms with van der Waals surface area (Å²) in [5.74, 6) is 0. The van der Waals surface area contributed by atoms with E-state index < -0.39 is 33.1 Å². The van der Waals surface area contributed by atoms with Gasteiger partial charge in [-0.05, 0) is 19.1 Å². The van der Waals surface area contributed by atoms with Crippen molar-refractivity contribution in [3.8, 4) is 6.07 Å². The third-order valence-corrected chi connectivity index (χ3v) is 5.83. The minimum absolute atomic E-state index is 0.0620. The Kier molecular flexibility index (Phi) is 5.24. The fraction of sp³-hybridized carbons (Fsp3) is 0.429. The number of nitrogens with zero attached hydrogens (tertiary/aromatic N) is 4. The molecule has 1 aliphatic rings. The second kappa shape index (κ2) is 7.04. The van der Waals surface area contributed by atoms with Gasteiger partial charge in [-0.25, -0.2) is 13.2 Å². The highest BCUT2D eigenvalue weighted by Gasteiger charge is 2.40. The summed E-state index contributed by atoms with van der Waals surface area (Å²) in [6, 6.07) is 4.93. The number of rotatable bonds is 4. The number of nitro groups is 1. The van der Waals surface area contributed by atoms with Gasteiger partial charge >= 0.3 is 6.09 Å². The lowest BCUT2D eigenvalue weighted by atomic mass is 10.1. The van der Waals surface area contributed by atoms with E-state index in [1.807, 2.05) is 6.07 Å². The van der Waals surface area contributed by atoms with Crippen LogP contribution in [0.15, 0.2) is 29.2 Å². The third kappa shape index (κ3) is 3.70. The van der Waals surface area contributed by atoms with Gasteiger partial charge in [-0.2, -0.15) is 9.57 Å². The molecule has 2 atom stereocenters. The molecule has 0 radical (unpaired) electrons. The molecule has 1 N–H and O–H groups in total. The molecule has 134 valence electrons. The topological polar surface area (TPSA) is 145 Å². The Labute approximate surface area is 144 Å². The average Bonchev–Trinajstić information content (AvgIpc) is 2.54. The van der Waals surface area contributed by atoms with E-state index in [0.717, 1.165) is 33.5 Å². The van der Waals surface area contributed by atoms with Crippen molar-refractivity contribution >= 4 is 21.8 Å². The van der Waals surface area contributed by atoms with Crippen molar-refractivity contribution in [3.05, 3.63) is 34.4 Å². The molecule has 0 saturated carbocycles. The maximum Gasteiger partial charge on any atom is 0.407 e. The first-order chi connectivity index (χ1) is 11.7. The van der Waals surface area contributed by atoms with Crippen LogP contribution in [0, 0.1) is 21.4 Å². The number of amides is 1. The van der Waals surface area contributed by atoms with E-state index in [2.05, 4.69) is 0 Å². The number of carboxylic acid groups (broad SMARTS) is 1. The predicted molar refractivity (Wildman–Crippen MR) is 85.2 cm³/mol. The van der Waals surface area contributed by atoms with Crippen LogP contribution < -0.4 is 0 Å². The molecule has 1 aliphatic heterocycles. The lowest BCUT2D eigenvalue weighted by Gasteiger charge is -2.42. The minimum atomic E-state index is -3.96. The second-order valence-electron chi connectivity index (χ2n) is 5.63. The molecule has 1 fully saturated rings. The van der Waals surface area contributed by atoms with Crippen molar-refractivity contribution in [3.63, 3.8) is 0 Å².